The Kier molecular flexibility index (Phi) is 5.11. The maximum atomic E-state index is 11.9. The number of esters is 1. The lowest BCUT2D eigenvalue weighted by molar-refractivity contribution is 0.0600. The Morgan fingerprint density at radius 2 is 2.00 bits per heavy atom. The Bertz CT molecular complexity index is 1170. The minimum absolute atomic E-state index is 0.344. The smallest absolute Gasteiger partial charge is 0.337 e. The van der Waals surface area contributed by atoms with Gasteiger partial charge in [0.15, 0.2) is 0 Å². The van der Waals surface area contributed by atoms with Gasteiger partial charge in [0.05, 0.1) is 30.1 Å². The molecule has 4 aromatic rings. The number of halogens is 1. The molecule has 0 N–H and O–H groups in total. The molecule has 0 spiro atoms. The number of hydrogen-bond acceptors (Lipinski definition) is 4. The first-order valence-electron chi connectivity index (χ1n) is 8.65. The second kappa shape index (κ2) is 7.70. The lowest BCUT2D eigenvalue weighted by Crippen LogP contribution is -2.00. The van der Waals surface area contributed by atoms with Gasteiger partial charge < -0.3 is 9.30 Å². The van der Waals surface area contributed by atoms with Gasteiger partial charge in [-0.15, -0.1) is 0 Å². The van der Waals surface area contributed by atoms with Gasteiger partial charge in [0, 0.05) is 32.1 Å². The lowest BCUT2D eigenvalue weighted by Gasteiger charge is -2.08. The quantitative estimate of drug-likeness (QED) is 0.393. The second-order valence-corrected chi connectivity index (χ2v) is 7.76. The monoisotopic (exact) mass is 408 g/mol. The number of carbonyl (C=O) groups is 1. The van der Waals surface area contributed by atoms with Crippen molar-refractivity contribution in [1.29, 1.82) is 0 Å². The Hall–Kier alpha value is -2.76. The van der Waals surface area contributed by atoms with Crippen molar-refractivity contribution in [3.8, 4) is 5.69 Å². The molecule has 0 aliphatic heterocycles. The van der Waals surface area contributed by atoms with E-state index in [1.165, 1.54) is 7.11 Å². The number of aromatic nitrogens is 2. The number of ether oxygens (including phenoxy) is 1. The van der Waals surface area contributed by atoms with E-state index in [1.54, 1.807) is 24.0 Å². The first-order chi connectivity index (χ1) is 13.6. The maximum absolute atomic E-state index is 11.9. The number of hydrogen-bond donors (Lipinski definition) is 0. The molecule has 2 aromatic carbocycles. The van der Waals surface area contributed by atoms with Crippen molar-refractivity contribution >= 4 is 40.2 Å². The summed E-state index contributed by atoms with van der Waals surface area (Å²) < 4.78 is 6.99. The van der Waals surface area contributed by atoms with E-state index in [1.807, 2.05) is 54.7 Å². The summed E-state index contributed by atoms with van der Waals surface area (Å²) >= 11 is 7.90. The summed E-state index contributed by atoms with van der Waals surface area (Å²) in [6.45, 7) is 2.08. The number of benzene rings is 2. The predicted molar refractivity (Wildman–Crippen MR) is 113 cm³/mol. The Balaban J connectivity index is 1.87. The van der Waals surface area contributed by atoms with Gasteiger partial charge in [-0.2, -0.15) is 0 Å². The fourth-order valence-corrected chi connectivity index (χ4v) is 4.48. The Morgan fingerprint density at radius 3 is 2.75 bits per heavy atom. The summed E-state index contributed by atoms with van der Waals surface area (Å²) in [6.07, 6.45) is 3.59. The van der Waals surface area contributed by atoms with Gasteiger partial charge >= 0.3 is 5.97 Å². The summed E-state index contributed by atoms with van der Waals surface area (Å²) in [4.78, 5) is 18.2. The molecule has 0 radical (unpaired) electrons. The Morgan fingerprint density at radius 1 is 1.14 bits per heavy atom. The summed E-state index contributed by atoms with van der Waals surface area (Å²) in [6, 6.07) is 17.3. The predicted octanol–water partition coefficient (Wildman–Crippen LogP) is 5.93. The Labute approximate surface area is 172 Å². The fraction of sp³-hybridized carbons (Fsp3) is 0.0909. The van der Waals surface area contributed by atoms with E-state index in [2.05, 4.69) is 16.5 Å². The normalized spacial score (nSPS) is 11.0. The highest BCUT2D eigenvalue weighted by Crippen LogP contribution is 2.40. The van der Waals surface area contributed by atoms with Crippen LogP contribution >= 0.6 is 23.4 Å². The van der Waals surface area contributed by atoms with Gasteiger partial charge in [0.1, 0.15) is 0 Å². The van der Waals surface area contributed by atoms with Crippen molar-refractivity contribution in [3.05, 3.63) is 83.3 Å². The van der Waals surface area contributed by atoms with E-state index >= 15 is 0 Å². The highest BCUT2D eigenvalue weighted by Gasteiger charge is 2.17. The van der Waals surface area contributed by atoms with E-state index in [9.17, 15) is 4.79 Å². The van der Waals surface area contributed by atoms with Crippen molar-refractivity contribution in [2.75, 3.05) is 7.11 Å². The average molecular weight is 409 g/mol. The summed E-state index contributed by atoms with van der Waals surface area (Å²) in [5, 5.41) is 1.78. The van der Waals surface area contributed by atoms with Gasteiger partial charge in [0.25, 0.3) is 0 Å². The molecule has 4 rings (SSSR count). The molecule has 4 nitrogen and oxygen atoms in total. The zero-order valence-electron chi connectivity index (χ0n) is 15.3. The zero-order chi connectivity index (χ0) is 19.7. The van der Waals surface area contributed by atoms with Gasteiger partial charge in [-0.25, -0.2) is 4.79 Å². The number of carbonyl (C=O) groups excluding carboxylic acids is 1. The summed E-state index contributed by atoms with van der Waals surface area (Å²) in [7, 11) is 1.39. The van der Waals surface area contributed by atoms with Gasteiger partial charge in [-0.3, -0.25) is 4.98 Å². The molecule has 0 saturated carbocycles. The summed E-state index contributed by atoms with van der Waals surface area (Å²) in [5.74, 6) is -0.344. The minimum atomic E-state index is -0.344. The minimum Gasteiger partial charge on any atom is -0.465 e. The molecule has 2 aromatic heterocycles. The standard InChI is InChI=1S/C22H17ClN2O2S/c1-14-21(28-18-7-3-5-15(11-18)22(26)27-2)19-9-8-16(23)12-20(19)25(14)17-6-4-10-24-13-17/h3-13H,1-2H3. The van der Waals surface area contributed by atoms with E-state index in [-0.39, 0.29) is 5.97 Å². The van der Waals surface area contributed by atoms with Gasteiger partial charge in [-0.05, 0) is 49.4 Å². The van der Waals surface area contributed by atoms with Crippen molar-refractivity contribution in [2.45, 2.75) is 16.7 Å². The highest BCUT2D eigenvalue weighted by molar-refractivity contribution is 7.99. The molecular weight excluding hydrogens is 392 g/mol. The third-order valence-corrected chi connectivity index (χ3v) is 5.93. The number of rotatable bonds is 4. The van der Waals surface area contributed by atoms with Crippen molar-refractivity contribution < 1.29 is 9.53 Å². The van der Waals surface area contributed by atoms with Crippen LogP contribution in [-0.2, 0) is 4.74 Å². The van der Waals surface area contributed by atoms with Crippen LogP contribution in [0.15, 0.2) is 76.8 Å². The molecule has 0 amide bonds. The van der Waals surface area contributed by atoms with Crippen LogP contribution in [0.25, 0.3) is 16.6 Å². The first-order valence-corrected chi connectivity index (χ1v) is 9.85. The van der Waals surface area contributed by atoms with E-state index in [4.69, 9.17) is 16.3 Å². The lowest BCUT2D eigenvalue weighted by atomic mass is 10.2. The number of methoxy groups -OCH3 is 1. The van der Waals surface area contributed by atoms with E-state index < -0.39 is 0 Å². The van der Waals surface area contributed by atoms with Crippen LogP contribution in [0.5, 0.6) is 0 Å². The van der Waals surface area contributed by atoms with Crippen LogP contribution in [0.4, 0.5) is 0 Å². The van der Waals surface area contributed by atoms with Crippen LogP contribution in [0.2, 0.25) is 5.02 Å². The van der Waals surface area contributed by atoms with Crippen LogP contribution in [-0.4, -0.2) is 22.6 Å². The molecule has 2 heterocycles. The summed E-state index contributed by atoms with van der Waals surface area (Å²) in [5.41, 5.74) is 3.61. The average Bonchev–Trinajstić information content (AvgIpc) is 2.99. The van der Waals surface area contributed by atoms with Crippen LogP contribution < -0.4 is 0 Å². The third-order valence-electron chi connectivity index (χ3n) is 4.49. The molecule has 28 heavy (non-hydrogen) atoms. The molecule has 0 unspecified atom stereocenters. The van der Waals surface area contributed by atoms with Crippen molar-refractivity contribution in [3.63, 3.8) is 0 Å². The number of fused-ring (bicyclic) bond motifs is 1. The second-order valence-electron chi connectivity index (χ2n) is 6.24. The molecule has 6 heteroatoms. The van der Waals surface area contributed by atoms with Crippen molar-refractivity contribution in [1.82, 2.24) is 9.55 Å². The number of pyridine rings is 1. The molecule has 140 valence electrons. The van der Waals surface area contributed by atoms with Gasteiger partial charge in [-0.1, -0.05) is 35.5 Å². The zero-order valence-corrected chi connectivity index (χ0v) is 16.9. The molecule has 0 aliphatic rings. The molecule has 0 atom stereocenters. The molecular formula is C22H17ClN2O2S. The first kappa shape index (κ1) is 18.6. The fourth-order valence-electron chi connectivity index (χ4n) is 3.23. The van der Waals surface area contributed by atoms with E-state index in [0.717, 1.165) is 32.1 Å². The van der Waals surface area contributed by atoms with Gasteiger partial charge in [0.2, 0.25) is 0 Å². The molecule has 0 bridgehead atoms. The molecule has 0 fully saturated rings. The van der Waals surface area contributed by atoms with Crippen LogP contribution in [0, 0.1) is 6.92 Å². The van der Waals surface area contributed by atoms with Crippen molar-refractivity contribution in [2.24, 2.45) is 0 Å². The molecule has 0 aliphatic carbocycles. The molecule has 0 saturated heterocycles. The maximum Gasteiger partial charge on any atom is 0.337 e. The van der Waals surface area contributed by atoms with E-state index in [0.29, 0.717) is 10.6 Å². The number of nitrogens with zero attached hydrogens (tertiary/aromatic N) is 2. The largest absolute Gasteiger partial charge is 0.465 e. The van der Waals surface area contributed by atoms with Crippen LogP contribution in [0.3, 0.4) is 0 Å². The SMILES string of the molecule is COC(=O)c1cccc(Sc2c(C)n(-c3cccnc3)c3cc(Cl)ccc23)c1. The topological polar surface area (TPSA) is 44.1 Å². The third kappa shape index (κ3) is 3.39. The highest BCUT2D eigenvalue weighted by atomic mass is 35.5. The van der Waals surface area contributed by atoms with Crippen LogP contribution in [0.1, 0.15) is 16.1 Å².